The quantitative estimate of drug-likeness (QED) is 0.379. The van der Waals surface area contributed by atoms with E-state index >= 15 is 0 Å². The maximum absolute atomic E-state index is 14.8. The van der Waals surface area contributed by atoms with Gasteiger partial charge in [0.1, 0.15) is 42.8 Å². The number of hydrogen-bond acceptors (Lipinski definition) is 8. The van der Waals surface area contributed by atoms with Crippen LogP contribution in [-0.2, 0) is 16.9 Å². The molecule has 3 heterocycles. The Labute approximate surface area is 202 Å². The van der Waals surface area contributed by atoms with Crippen LogP contribution in [0.15, 0.2) is 61.4 Å². The number of amides is 3. The number of benzene rings is 2. The number of aliphatic hydroxyl groups is 1. The Balaban J connectivity index is 1.46. The monoisotopic (exact) mass is 495 g/mol. The molecule has 2 aromatic heterocycles. The second kappa shape index (κ2) is 8.88. The molecule has 1 fully saturated rings. The third-order valence-electron chi connectivity index (χ3n) is 6.14. The molecule has 1 aliphatic heterocycles. The van der Waals surface area contributed by atoms with Crippen LogP contribution in [0, 0.1) is 11.6 Å². The zero-order valence-corrected chi connectivity index (χ0v) is 18.8. The van der Waals surface area contributed by atoms with Gasteiger partial charge in [-0.3, -0.25) is 4.79 Å². The maximum Gasteiger partial charge on any atom is 0.332 e. The van der Waals surface area contributed by atoms with Crippen LogP contribution in [0.5, 0.6) is 0 Å². The molecule has 0 bridgehead atoms. The fraction of sp³-hybridized carbons (Fsp3) is 0.227. The third kappa shape index (κ3) is 3.96. The van der Waals surface area contributed by atoms with E-state index in [-0.39, 0.29) is 18.7 Å². The van der Waals surface area contributed by atoms with Crippen LogP contribution in [-0.4, -0.2) is 69.5 Å². The molecule has 5 rings (SSSR count). The van der Waals surface area contributed by atoms with Gasteiger partial charge in [0.05, 0.1) is 24.0 Å². The van der Waals surface area contributed by atoms with Gasteiger partial charge in [-0.2, -0.15) is 5.10 Å². The SMILES string of the molecule is C[C@@H](N1CC(=O)N(c2ccc(-n3cnnn3)cc2)C1=O)[C@](O)(Cn1cncn1)c1ccc(F)cc1F. The van der Waals surface area contributed by atoms with Crippen molar-refractivity contribution in [3.05, 3.63) is 78.6 Å². The van der Waals surface area contributed by atoms with Gasteiger partial charge < -0.3 is 10.0 Å². The number of nitrogens with zero attached hydrogens (tertiary/aromatic N) is 9. The summed E-state index contributed by atoms with van der Waals surface area (Å²) in [4.78, 5) is 32.2. The molecule has 184 valence electrons. The smallest absolute Gasteiger partial charge is 0.332 e. The first-order valence-corrected chi connectivity index (χ1v) is 10.8. The summed E-state index contributed by atoms with van der Waals surface area (Å²) in [6.45, 7) is 0.807. The molecule has 12 nitrogen and oxygen atoms in total. The molecule has 36 heavy (non-hydrogen) atoms. The van der Waals surface area contributed by atoms with E-state index in [1.807, 2.05) is 0 Å². The summed E-state index contributed by atoms with van der Waals surface area (Å²) >= 11 is 0. The predicted molar refractivity (Wildman–Crippen MR) is 118 cm³/mol. The van der Waals surface area contributed by atoms with Crippen LogP contribution in [0.2, 0.25) is 0 Å². The summed E-state index contributed by atoms with van der Waals surface area (Å²) in [6, 6.07) is 7.31. The van der Waals surface area contributed by atoms with Gasteiger partial charge in [0.15, 0.2) is 0 Å². The van der Waals surface area contributed by atoms with Crippen LogP contribution in [0.25, 0.3) is 5.69 Å². The first kappa shape index (κ1) is 23.2. The normalized spacial score (nSPS) is 16.4. The van der Waals surface area contributed by atoms with Crippen LogP contribution in [0.3, 0.4) is 0 Å². The Kier molecular flexibility index (Phi) is 5.72. The van der Waals surface area contributed by atoms with E-state index in [9.17, 15) is 23.5 Å². The van der Waals surface area contributed by atoms with E-state index in [1.165, 1.54) is 35.3 Å². The largest absolute Gasteiger partial charge is 0.381 e. The first-order chi connectivity index (χ1) is 17.3. The minimum atomic E-state index is -2.08. The number of anilines is 1. The molecule has 0 unspecified atom stereocenters. The Morgan fingerprint density at radius 3 is 2.47 bits per heavy atom. The number of urea groups is 1. The minimum absolute atomic E-state index is 0.253. The fourth-order valence-corrected chi connectivity index (χ4v) is 4.21. The molecule has 0 radical (unpaired) electrons. The van der Waals surface area contributed by atoms with Crippen LogP contribution in [0.4, 0.5) is 19.3 Å². The van der Waals surface area contributed by atoms with Crippen molar-refractivity contribution in [3.8, 4) is 5.69 Å². The van der Waals surface area contributed by atoms with Gasteiger partial charge in [0.2, 0.25) is 0 Å². The topological polar surface area (TPSA) is 135 Å². The molecule has 2 aromatic carbocycles. The summed E-state index contributed by atoms with van der Waals surface area (Å²) in [5.41, 5.74) is -1.43. The van der Waals surface area contributed by atoms with E-state index in [1.54, 1.807) is 24.3 Å². The molecule has 0 spiro atoms. The van der Waals surface area contributed by atoms with Crippen molar-refractivity contribution in [2.75, 3.05) is 11.4 Å². The van der Waals surface area contributed by atoms with Crippen LogP contribution >= 0.6 is 0 Å². The Morgan fingerprint density at radius 1 is 1.08 bits per heavy atom. The number of hydrogen-bond donors (Lipinski definition) is 1. The van der Waals surface area contributed by atoms with Gasteiger partial charge in [-0.25, -0.2) is 32.8 Å². The minimum Gasteiger partial charge on any atom is -0.381 e. The van der Waals surface area contributed by atoms with Crippen molar-refractivity contribution in [1.29, 1.82) is 0 Å². The van der Waals surface area contributed by atoms with Crippen molar-refractivity contribution in [2.24, 2.45) is 0 Å². The van der Waals surface area contributed by atoms with Crippen LogP contribution in [0.1, 0.15) is 12.5 Å². The fourth-order valence-electron chi connectivity index (χ4n) is 4.21. The molecule has 1 N–H and O–H groups in total. The summed E-state index contributed by atoms with van der Waals surface area (Å²) in [6.07, 6.45) is 3.95. The lowest BCUT2D eigenvalue weighted by atomic mass is 9.85. The van der Waals surface area contributed by atoms with Crippen molar-refractivity contribution in [2.45, 2.75) is 25.1 Å². The third-order valence-corrected chi connectivity index (χ3v) is 6.14. The highest BCUT2D eigenvalue weighted by molar-refractivity contribution is 6.19. The lowest BCUT2D eigenvalue weighted by Gasteiger charge is -2.39. The highest BCUT2D eigenvalue weighted by atomic mass is 19.1. The van der Waals surface area contributed by atoms with Gasteiger partial charge in [-0.05, 0) is 47.7 Å². The lowest BCUT2D eigenvalue weighted by molar-refractivity contribution is -0.117. The molecule has 2 atom stereocenters. The van der Waals surface area contributed by atoms with Crippen molar-refractivity contribution >= 4 is 17.6 Å². The standard InChI is InChI=1S/C22H19F2N9O3/c1-14(22(36,10-30-12-25-11-27-30)18-7-2-15(23)8-19(18)24)31-9-20(34)33(21(31)35)17-5-3-16(4-6-17)32-13-26-28-29-32/h2-8,11-14,36H,9-10H2,1H3/t14-,22-/m1/s1. The zero-order valence-electron chi connectivity index (χ0n) is 18.8. The van der Waals surface area contributed by atoms with Gasteiger partial charge in [0, 0.05) is 11.6 Å². The summed E-state index contributed by atoms with van der Waals surface area (Å²) < 4.78 is 31.1. The summed E-state index contributed by atoms with van der Waals surface area (Å²) in [5, 5.41) is 26.6. The molecule has 3 amide bonds. The number of rotatable bonds is 7. The van der Waals surface area contributed by atoms with E-state index in [2.05, 4.69) is 25.6 Å². The second-order valence-corrected chi connectivity index (χ2v) is 8.23. The number of imide groups is 1. The maximum atomic E-state index is 14.8. The number of carbonyl (C=O) groups is 2. The zero-order chi connectivity index (χ0) is 25.4. The van der Waals surface area contributed by atoms with Gasteiger partial charge in [0.25, 0.3) is 5.91 Å². The average molecular weight is 495 g/mol. The lowest BCUT2D eigenvalue weighted by Crippen LogP contribution is -2.53. The first-order valence-electron chi connectivity index (χ1n) is 10.8. The van der Waals surface area contributed by atoms with Crippen LogP contribution < -0.4 is 4.90 Å². The van der Waals surface area contributed by atoms with Gasteiger partial charge >= 0.3 is 6.03 Å². The number of halogens is 2. The van der Waals surface area contributed by atoms with E-state index < -0.39 is 35.2 Å². The molecular weight excluding hydrogens is 476 g/mol. The molecular formula is C22H19F2N9O3. The van der Waals surface area contributed by atoms with E-state index in [0.717, 1.165) is 21.9 Å². The summed E-state index contributed by atoms with van der Waals surface area (Å²) in [5.74, 6) is -2.36. The second-order valence-electron chi connectivity index (χ2n) is 8.23. The Morgan fingerprint density at radius 2 is 1.83 bits per heavy atom. The number of aromatic nitrogens is 7. The van der Waals surface area contributed by atoms with E-state index in [4.69, 9.17) is 0 Å². The highest BCUT2D eigenvalue weighted by Crippen LogP contribution is 2.35. The average Bonchev–Trinajstić information content (AvgIpc) is 3.61. The Bertz CT molecular complexity index is 1400. The van der Waals surface area contributed by atoms with Crippen molar-refractivity contribution < 1.29 is 23.5 Å². The van der Waals surface area contributed by atoms with Gasteiger partial charge in [-0.1, -0.05) is 6.07 Å². The molecule has 0 saturated carbocycles. The van der Waals surface area contributed by atoms with Crippen molar-refractivity contribution in [1.82, 2.24) is 39.9 Å². The molecule has 14 heteroatoms. The van der Waals surface area contributed by atoms with Crippen molar-refractivity contribution in [3.63, 3.8) is 0 Å². The highest BCUT2D eigenvalue weighted by Gasteiger charge is 2.49. The molecule has 0 aliphatic carbocycles. The van der Waals surface area contributed by atoms with Gasteiger partial charge in [-0.15, -0.1) is 5.10 Å². The number of carbonyl (C=O) groups excluding carboxylic acids is 2. The number of tetrazole rings is 1. The summed E-state index contributed by atoms with van der Waals surface area (Å²) in [7, 11) is 0. The Hall–Kier alpha value is -4.59. The predicted octanol–water partition coefficient (Wildman–Crippen LogP) is 1.28. The van der Waals surface area contributed by atoms with E-state index in [0.29, 0.717) is 17.4 Å². The molecule has 1 aliphatic rings. The molecule has 4 aromatic rings. The molecule has 1 saturated heterocycles.